The summed E-state index contributed by atoms with van der Waals surface area (Å²) in [6, 6.07) is 18.9. The molecule has 0 saturated heterocycles. The summed E-state index contributed by atoms with van der Waals surface area (Å²) in [6.45, 7) is 1.03. The van der Waals surface area contributed by atoms with Crippen LogP contribution in [0.4, 0.5) is 11.4 Å². The van der Waals surface area contributed by atoms with Crippen LogP contribution in [0.3, 0.4) is 0 Å². The number of rotatable bonds is 6. The zero-order valence-corrected chi connectivity index (χ0v) is 16.9. The molecule has 29 heavy (non-hydrogen) atoms. The molecule has 0 spiro atoms. The Balaban J connectivity index is 1.72. The van der Waals surface area contributed by atoms with Crippen LogP contribution in [0.15, 0.2) is 71.6 Å². The summed E-state index contributed by atoms with van der Waals surface area (Å²) in [5, 5.41) is 7.21. The largest absolute Gasteiger partial charge is 0.326 e. The minimum Gasteiger partial charge on any atom is -0.326 e. The van der Waals surface area contributed by atoms with Crippen molar-refractivity contribution < 1.29 is 18.0 Å². The van der Waals surface area contributed by atoms with Gasteiger partial charge in [-0.15, -0.1) is 0 Å². The number of anilines is 2. The van der Waals surface area contributed by atoms with Crippen molar-refractivity contribution in [2.45, 2.75) is 11.8 Å². The summed E-state index contributed by atoms with van der Waals surface area (Å²) >= 11 is 0. The van der Waals surface area contributed by atoms with Gasteiger partial charge in [0.05, 0.1) is 11.4 Å². The van der Waals surface area contributed by atoms with Crippen molar-refractivity contribution >= 4 is 44.0 Å². The summed E-state index contributed by atoms with van der Waals surface area (Å²) in [6.07, 6.45) is 0. The Kier molecular flexibility index (Phi) is 5.95. The minimum absolute atomic E-state index is 0.0343. The molecule has 0 saturated carbocycles. The van der Waals surface area contributed by atoms with E-state index in [1.165, 1.54) is 38.2 Å². The highest BCUT2D eigenvalue weighted by atomic mass is 32.2. The van der Waals surface area contributed by atoms with E-state index in [0.717, 1.165) is 15.1 Å². The molecule has 2 N–H and O–H groups in total. The van der Waals surface area contributed by atoms with E-state index in [1.54, 1.807) is 6.07 Å². The first kappa shape index (κ1) is 20.5. The standard InChI is InChI=1S/C21H21N3O4S/c1-15(25)22-17-10-12-18(13-11-17)29(27,28)24(2)14-21(26)23-20-9-5-7-16-6-3-4-8-19(16)20/h3-13H,14H2,1-2H3,(H,22,25)(H,23,26). The fourth-order valence-corrected chi connectivity index (χ4v) is 4.03. The lowest BCUT2D eigenvalue weighted by Gasteiger charge is -2.17. The van der Waals surface area contributed by atoms with Crippen LogP contribution in [0.5, 0.6) is 0 Å². The maximum absolute atomic E-state index is 12.7. The van der Waals surface area contributed by atoms with Crippen LogP contribution in [0.2, 0.25) is 0 Å². The Bertz CT molecular complexity index is 1150. The third-order valence-corrected chi connectivity index (χ3v) is 6.13. The number of fused-ring (bicyclic) bond motifs is 1. The average Bonchev–Trinajstić information content (AvgIpc) is 2.68. The first-order valence-corrected chi connectivity index (χ1v) is 10.3. The molecular weight excluding hydrogens is 390 g/mol. The number of hydrogen-bond acceptors (Lipinski definition) is 4. The zero-order valence-electron chi connectivity index (χ0n) is 16.0. The van der Waals surface area contributed by atoms with Gasteiger partial charge in [-0.25, -0.2) is 8.42 Å². The van der Waals surface area contributed by atoms with Crippen molar-refractivity contribution in [3.05, 3.63) is 66.7 Å². The van der Waals surface area contributed by atoms with E-state index in [-0.39, 0.29) is 17.3 Å². The Morgan fingerprint density at radius 3 is 2.24 bits per heavy atom. The Hall–Kier alpha value is -3.23. The van der Waals surface area contributed by atoms with E-state index in [9.17, 15) is 18.0 Å². The third kappa shape index (κ3) is 4.79. The fourth-order valence-electron chi connectivity index (χ4n) is 2.90. The van der Waals surface area contributed by atoms with E-state index in [1.807, 2.05) is 36.4 Å². The zero-order chi connectivity index (χ0) is 21.0. The molecule has 3 aromatic rings. The number of benzene rings is 3. The third-order valence-electron chi connectivity index (χ3n) is 4.31. The smallest absolute Gasteiger partial charge is 0.243 e. The van der Waals surface area contributed by atoms with Gasteiger partial charge in [0.2, 0.25) is 21.8 Å². The topological polar surface area (TPSA) is 95.6 Å². The van der Waals surface area contributed by atoms with Crippen LogP contribution in [-0.2, 0) is 19.6 Å². The van der Waals surface area contributed by atoms with Crippen molar-refractivity contribution in [2.75, 3.05) is 24.2 Å². The van der Waals surface area contributed by atoms with Gasteiger partial charge >= 0.3 is 0 Å². The van der Waals surface area contributed by atoms with Crippen LogP contribution < -0.4 is 10.6 Å². The normalized spacial score (nSPS) is 11.4. The van der Waals surface area contributed by atoms with Crippen molar-refractivity contribution in [1.82, 2.24) is 4.31 Å². The van der Waals surface area contributed by atoms with Crippen LogP contribution in [0.1, 0.15) is 6.92 Å². The van der Waals surface area contributed by atoms with E-state index in [4.69, 9.17) is 0 Å². The van der Waals surface area contributed by atoms with Crippen molar-refractivity contribution in [3.63, 3.8) is 0 Å². The highest BCUT2D eigenvalue weighted by molar-refractivity contribution is 7.89. The fraction of sp³-hybridized carbons (Fsp3) is 0.143. The number of carbonyl (C=O) groups is 2. The Labute approximate surface area is 169 Å². The molecule has 0 aromatic heterocycles. The molecule has 7 nitrogen and oxygen atoms in total. The van der Waals surface area contributed by atoms with Crippen molar-refractivity contribution in [1.29, 1.82) is 0 Å². The van der Waals surface area contributed by atoms with Gasteiger partial charge in [0, 0.05) is 30.7 Å². The second-order valence-corrected chi connectivity index (χ2v) is 8.59. The molecule has 3 rings (SSSR count). The molecule has 0 atom stereocenters. The number of carbonyl (C=O) groups excluding carboxylic acids is 2. The number of amides is 2. The summed E-state index contributed by atoms with van der Waals surface area (Å²) < 4.78 is 26.4. The first-order chi connectivity index (χ1) is 13.8. The van der Waals surface area contributed by atoms with Crippen molar-refractivity contribution in [3.8, 4) is 0 Å². The first-order valence-electron chi connectivity index (χ1n) is 8.89. The average molecular weight is 411 g/mol. The van der Waals surface area contributed by atoms with Gasteiger partial charge in [0.15, 0.2) is 0 Å². The number of hydrogen-bond donors (Lipinski definition) is 2. The Morgan fingerprint density at radius 2 is 1.55 bits per heavy atom. The molecule has 0 aliphatic heterocycles. The lowest BCUT2D eigenvalue weighted by molar-refractivity contribution is -0.116. The number of sulfonamides is 1. The van der Waals surface area contributed by atoms with Gasteiger partial charge in [0.1, 0.15) is 0 Å². The van der Waals surface area contributed by atoms with Gasteiger partial charge < -0.3 is 10.6 Å². The SMILES string of the molecule is CC(=O)Nc1ccc(S(=O)(=O)N(C)CC(=O)Nc2cccc3ccccc23)cc1. The van der Waals surface area contributed by atoms with Gasteiger partial charge in [0.25, 0.3) is 0 Å². The summed E-state index contributed by atoms with van der Waals surface area (Å²) in [4.78, 5) is 23.6. The predicted molar refractivity (Wildman–Crippen MR) is 113 cm³/mol. The van der Waals surface area contributed by atoms with Gasteiger partial charge in [-0.3, -0.25) is 9.59 Å². The summed E-state index contributed by atoms with van der Waals surface area (Å²) in [5.41, 5.74) is 1.12. The lowest BCUT2D eigenvalue weighted by Crippen LogP contribution is -2.35. The number of nitrogens with one attached hydrogen (secondary N) is 2. The Morgan fingerprint density at radius 1 is 0.897 bits per heavy atom. The van der Waals surface area contributed by atoms with Crippen LogP contribution >= 0.6 is 0 Å². The van der Waals surface area contributed by atoms with Crippen LogP contribution in [-0.4, -0.2) is 38.1 Å². The van der Waals surface area contributed by atoms with E-state index >= 15 is 0 Å². The van der Waals surface area contributed by atoms with E-state index in [0.29, 0.717) is 11.4 Å². The number of likely N-dealkylation sites (N-methyl/N-ethyl adjacent to an activating group) is 1. The lowest BCUT2D eigenvalue weighted by atomic mass is 10.1. The molecule has 2 amide bonds. The molecule has 0 heterocycles. The van der Waals surface area contributed by atoms with Crippen LogP contribution in [0, 0.1) is 0 Å². The van der Waals surface area contributed by atoms with E-state index < -0.39 is 15.9 Å². The predicted octanol–water partition coefficient (Wildman–Crippen LogP) is 3.06. The molecule has 0 aliphatic carbocycles. The highest BCUT2D eigenvalue weighted by Gasteiger charge is 2.23. The summed E-state index contributed by atoms with van der Waals surface area (Å²) in [7, 11) is -2.51. The quantitative estimate of drug-likeness (QED) is 0.652. The molecule has 0 aliphatic rings. The molecule has 0 unspecified atom stereocenters. The molecule has 8 heteroatoms. The van der Waals surface area contributed by atoms with Gasteiger partial charge in [-0.05, 0) is 35.7 Å². The molecule has 0 bridgehead atoms. The van der Waals surface area contributed by atoms with Gasteiger partial charge in [-0.1, -0.05) is 36.4 Å². The maximum atomic E-state index is 12.7. The molecule has 3 aromatic carbocycles. The molecule has 0 fully saturated rings. The molecular formula is C21H21N3O4S. The van der Waals surface area contributed by atoms with Crippen molar-refractivity contribution in [2.24, 2.45) is 0 Å². The minimum atomic E-state index is -3.85. The second-order valence-electron chi connectivity index (χ2n) is 6.54. The molecule has 150 valence electrons. The highest BCUT2D eigenvalue weighted by Crippen LogP contribution is 2.23. The monoisotopic (exact) mass is 411 g/mol. The number of nitrogens with zero attached hydrogens (tertiary/aromatic N) is 1. The van der Waals surface area contributed by atoms with Gasteiger partial charge in [-0.2, -0.15) is 4.31 Å². The second kappa shape index (κ2) is 8.42. The maximum Gasteiger partial charge on any atom is 0.243 e. The summed E-state index contributed by atoms with van der Waals surface area (Å²) in [5.74, 6) is -0.690. The molecule has 0 radical (unpaired) electrons. The van der Waals surface area contributed by atoms with E-state index in [2.05, 4.69) is 10.6 Å². The van der Waals surface area contributed by atoms with Crippen LogP contribution in [0.25, 0.3) is 10.8 Å².